The number of halogens is 3. The van der Waals surface area contributed by atoms with Crippen LogP contribution in [0, 0.1) is 18.3 Å². The molecule has 0 fully saturated rings. The molecule has 80 valence electrons. The van der Waals surface area contributed by atoms with Gasteiger partial charge >= 0.3 is 0 Å². The molecule has 1 rings (SSSR count). The number of rotatable bonds is 3. The summed E-state index contributed by atoms with van der Waals surface area (Å²) < 4.78 is 25.2. The van der Waals surface area contributed by atoms with Gasteiger partial charge in [0, 0.05) is 5.56 Å². The fourth-order valence-electron chi connectivity index (χ4n) is 1.29. The van der Waals surface area contributed by atoms with Crippen LogP contribution in [0.3, 0.4) is 0 Å². The number of pyridine rings is 1. The van der Waals surface area contributed by atoms with E-state index in [0.29, 0.717) is 17.0 Å². The molecule has 0 bridgehead atoms. The summed E-state index contributed by atoms with van der Waals surface area (Å²) in [5, 5.41) is 8.53. The Kier molecular flexibility index (Phi) is 3.98. The van der Waals surface area contributed by atoms with E-state index in [4.69, 9.17) is 16.9 Å². The summed E-state index contributed by atoms with van der Waals surface area (Å²) in [5.41, 5.74) is 1.04. The van der Waals surface area contributed by atoms with Crippen LogP contribution >= 0.6 is 11.6 Å². The van der Waals surface area contributed by atoms with Crippen LogP contribution in [0.25, 0.3) is 0 Å². The maximum atomic E-state index is 12.6. The Morgan fingerprint density at radius 2 is 2.27 bits per heavy atom. The number of nitrogens with zero attached hydrogens (tertiary/aromatic N) is 2. The molecule has 0 spiro atoms. The molecule has 0 saturated heterocycles. The number of aromatic nitrogens is 1. The van der Waals surface area contributed by atoms with Gasteiger partial charge in [0.1, 0.15) is 0 Å². The lowest BCUT2D eigenvalue weighted by Gasteiger charge is -2.10. The van der Waals surface area contributed by atoms with E-state index in [2.05, 4.69) is 4.98 Å². The van der Waals surface area contributed by atoms with Crippen molar-refractivity contribution < 1.29 is 8.78 Å². The van der Waals surface area contributed by atoms with Gasteiger partial charge in [-0.2, -0.15) is 5.26 Å². The molecule has 1 heterocycles. The Balaban J connectivity index is 3.28. The van der Waals surface area contributed by atoms with Crippen molar-refractivity contribution in [2.24, 2.45) is 0 Å². The van der Waals surface area contributed by atoms with Crippen LogP contribution in [-0.4, -0.2) is 4.98 Å². The lowest BCUT2D eigenvalue weighted by molar-refractivity contribution is 0.150. The highest BCUT2D eigenvalue weighted by Crippen LogP contribution is 2.25. The highest BCUT2D eigenvalue weighted by Gasteiger charge is 2.15. The molecule has 0 aromatic carbocycles. The van der Waals surface area contributed by atoms with Gasteiger partial charge in [0.2, 0.25) is 0 Å². The van der Waals surface area contributed by atoms with Gasteiger partial charge in [-0.05, 0) is 18.6 Å². The third-order valence-corrected chi connectivity index (χ3v) is 2.36. The summed E-state index contributed by atoms with van der Waals surface area (Å²) in [4.78, 5) is 4.04. The Morgan fingerprint density at radius 3 is 2.73 bits per heavy atom. The van der Waals surface area contributed by atoms with Gasteiger partial charge in [0.15, 0.2) is 0 Å². The van der Waals surface area contributed by atoms with Gasteiger partial charge in [-0.1, -0.05) is 0 Å². The number of hydrogen-bond acceptors (Lipinski definition) is 2. The quantitative estimate of drug-likeness (QED) is 0.748. The largest absolute Gasteiger partial charge is 0.264 e. The maximum absolute atomic E-state index is 12.6. The van der Waals surface area contributed by atoms with Crippen LogP contribution in [0.15, 0.2) is 6.07 Å². The van der Waals surface area contributed by atoms with E-state index in [0.717, 1.165) is 0 Å². The second-order valence-electron chi connectivity index (χ2n) is 3.04. The third kappa shape index (κ3) is 2.63. The molecule has 0 amide bonds. The SMILES string of the molecule is Cc1c(C(F)F)cc(CCl)nc1CC#N. The molecule has 5 heteroatoms. The minimum absolute atomic E-state index is 0.0241. The van der Waals surface area contributed by atoms with Gasteiger partial charge in [0.05, 0.1) is 29.8 Å². The fourth-order valence-corrected chi connectivity index (χ4v) is 1.42. The van der Waals surface area contributed by atoms with Crippen molar-refractivity contribution in [1.82, 2.24) is 4.98 Å². The molecule has 0 aliphatic heterocycles. The Morgan fingerprint density at radius 1 is 1.60 bits per heavy atom. The van der Waals surface area contributed by atoms with E-state index < -0.39 is 6.43 Å². The zero-order chi connectivity index (χ0) is 11.4. The van der Waals surface area contributed by atoms with Gasteiger partial charge < -0.3 is 0 Å². The molecule has 2 nitrogen and oxygen atoms in total. The first kappa shape index (κ1) is 11.9. The molecule has 1 aromatic heterocycles. The molecular weight excluding hydrogens is 222 g/mol. The summed E-state index contributed by atoms with van der Waals surface area (Å²) in [6.07, 6.45) is -2.54. The zero-order valence-electron chi connectivity index (χ0n) is 8.10. The molecule has 0 atom stereocenters. The molecule has 0 unspecified atom stereocenters. The van der Waals surface area contributed by atoms with Gasteiger partial charge in [-0.3, -0.25) is 4.98 Å². The van der Waals surface area contributed by atoms with Crippen LogP contribution in [0.5, 0.6) is 0 Å². The van der Waals surface area contributed by atoms with Crippen molar-refractivity contribution in [3.63, 3.8) is 0 Å². The minimum atomic E-state index is -2.56. The van der Waals surface area contributed by atoms with Gasteiger partial charge in [-0.15, -0.1) is 11.6 Å². The van der Waals surface area contributed by atoms with E-state index in [1.54, 1.807) is 6.92 Å². The van der Waals surface area contributed by atoms with Gasteiger partial charge in [0.25, 0.3) is 6.43 Å². The van der Waals surface area contributed by atoms with Crippen LogP contribution in [0.4, 0.5) is 8.78 Å². The molecule has 0 N–H and O–H groups in total. The first-order valence-corrected chi connectivity index (χ1v) is 4.84. The monoisotopic (exact) mass is 230 g/mol. The fraction of sp³-hybridized carbons (Fsp3) is 0.400. The molecular formula is C10H9ClF2N2. The van der Waals surface area contributed by atoms with Crippen molar-refractivity contribution in [3.8, 4) is 6.07 Å². The standard InChI is InChI=1S/C10H9ClF2N2/c1-6-8(10(12)13)4-7(5-11)15-9(6)2-3-14/h4,10H,2,5H2,1H3. The second kappa shape index (κ2) is 5.04. The van der Waals surface area contributed by atoms with Gasteiger partial charge in [-0.25, -0.2) is 8.78 Å². The van der Waals surface area contributed by atoms with Crippen LogP contribution in [0.2, 0.25) is 0 Å². The topological polar surface area (TPSA) is 36.7 Å². The van der Waals surface area contributed by atoms with E-state index in [1.165, 1.54) is 6.07 Å². The van der Waals surface area contributed by atoms with E-state index in [9.17, 15) is 8.78 Å². The summed E-state index contributed by atoms with van der Waals surface area (Å²) in [5.74, 6) is 0.0679. The normalized spacial score (nSPS) is 10.4. The van der Waals surface area contributed by atoms with Crippen molar-refractivity contribution in [2.45, 2.75) is 25.7 Å². The molecule has 15 heavy (non-hydrogen) atoms. The number of nitriles is 1. The van der Waals surface area contributed by atoms with Crippen molar-refractivity contribution in [1.29, 1.82) is 5.26 Å². The minimum Gasteiger partial charge on any atom is -0.255 e. The van der Waals surface area contributed by atoms with Crippen molar-refractivity contribution in [3.05, 3.63) is 28.6 Å². The molecule has 1 aromatic rings. The summed E-state index contributed by atoms with van der Waals surface area (Å²) in [7, 11) is 0. The van der Waals surface area contributed by atoms with Crippen molar-refractivity contribution >= 4 is 11.6 Å². The third-order valence-electron chi connectivity index (χ3n) is 2.09. The molecule has 0 saturated carbocycles. The summed E-state index contributed by atoms with van der Waals surface area (Å²) >= 11 is 5.54. The molecule has 0 aliphatic carbocycles. The predicted octanol–water partition coefficient (Wildman–Crippen LogP) is 3.13. The summed E-state index contributed by atoms with van der Waals surface area (Å²) in [6.45, 7) is 1.54. The first-order valence-electron chi connectivity index (χ1n) is 4.30. The van der Waals surface area contributed by atoms with Crippen LogP contribution in [0.1, 0.15) is 28.9 Å². The highest BCUT2D eigenvalue weighted by atomic mass is 35.5. The zero-order valence-corrected chi connectivity index (χ0v) is 8.85. The molecule has 0 aliphatic rings. The highest BCUT2D eigenvalue weighted by molar-refractivity contribution is 6.16. The summed E-state index contributed by atoms with van der Waals surface area (Å²) in [6, 6.07) is 3.18. The van der Waals surface area contributed by atoms with E-state index in [-0.39, 0.29) is 17.9 Å². The van der Waals surface area contributed by atoms with Crippen molar-refractivity contribution in [2.75, 3.05) is 0 Å². The Hall–Kier alpha value is -1.21. The average molecular weight is 231 g/mol. The van der Waals surface area contributed by atoms with Crippen LogP contribution < -0.4 is 0 Å². The lowest BCUT2D eigenvalue weighted by atomic mass is 10.1. The maximum Gasteiger partial charge on any atom is 0.264 e. The lowest BCUT2D eigenvalue weighted by Crippen LogP contribution is -2.02. The second-order valence-corrected chi connectivity index (χ2v) is 3.31. The van der Waals surface area contributed by atoms with E-state index in [1.807, 2.05) is 6.07 Å². The first-order chi connectivity index (χ1) is 7.10. The van der Waals surface area contributed by atoms with E-state index >= 15 is 0 Å². The smallest absolute Gasteiger partial charge is 0.255 e. The Bertz CT molecular complexity index is 399. The predicted molar refractivity (Wildman–Crippen MR) is 52.8 cm³/mol. The Labute approximate surface area is 91.5 Å². The average Bonchev–Trinajstić information content (AvgIpc) is 2.21. The van der Waals surface area contributed by atoms with Crippen LogP contribution in [-0.2, 0) is 12.3 Å². The number of alkyl halides is 3. The number of hydrogen-bond donors (Lipinski definition) is 0. The molecule has 0 radical (unpaired) electrons.